The lowest BCUT2D eigenvalue weighted by Crippen LogP contribution is -2.26. The Morgan fingerprint density at radius 2 is 1.79 bits per heavy atom. The number of fused-ring (bicyclic) bond motifs is 1. The maximum absolute atomic E-state index is 11.8. The van der Waals surface area contributed by atoms with Crippen molar-refractivity contribution in [2.45, 2.75) is 77.9 Å². The van der Waals surface area contributed by atoms with E-state index in [0.29, 0.717) is 52.7 Å². The minimum Gasteiger partial charge on any atom is -0.458 e. The summed E-state index contributed by atoms with van der Waals surface area (Å²) < 4.78 is 18.4. The number of esters is 1. The molecule has 0 atom stereocenters. The molecule has 1 aliphatic carbocycles. The van der Waals surface area contributed by atoms with E-state index in [2.05, 4.69) is 25.1 Å². The number of rotatable bonds is 8. The maximum atomic E-state index is 11.8. The van der Waals surface area contributed by atoms with Gasteiger partial charge in [-0.1, -0.05) is 5.16 Å². The summed E-state index contributed by atoms with van der Waals surface area (Å²) in [5.74, 6) is 1.41. The summed E-state index contributed by atoms with van der Waals surface area (Å²) in [6, 6.07) is 0. The second-order valence-electron chi connectivity index (χ2n) is 11.7. The van der Waals surface area contributed by atoms with Crippen molar-refractivity contribution in [1.29, 1.82) is 0 Å². The van der Waals surface area contributed by atoms with E-state index in [1.807, 2.05) is 46.2 Å². The van der Waals surface area contributed by atoms with Gasteiger partial charge in [0.15, 0.2) is 17.2 Å². The molecule has 12 nitrogen and oxygen atoms in total. The average Bonchev–Trinajstić information content (AvgIpc) is 3.46. The zero-order valence-corrected chi connectivity index (χ0v) is 23.2. The zero-order valence-electron chi connectivity index (χ0n) is 23.2. The molecule has 4 aromatic rings. The number of carbonyl (C=O) groups is 1. The van der Waals surface area contributed by atoms with Crippen molar-refractivity contribution in [3.63, 3.8) is 0 Å². The van der Waals surface area contributed by atoms with Crippen LogP contribution in [0.3, 0.4) is 0 Å². The van der Waals surface area contributed by atoms with Gasteiger partial charge in [0.05, 0.1) is 23.1 Å². The number of hydrogen-bond donors (Lipinski definition) is 1. The van der Waals surface area contributed by atoms with Crippen molar-refractivity contribution in [2.75, 3.05) is 18.9 Å². The van der Waals surface area contributed by atoms with Gasteiger partial charge in [-0.25, -0.2) is 29.4 Å². The Labute approximate surface area is 226 Å². The molecule has 0 aromatic carbocycles. The lowest BCUT2D eigenvalue weighted by atomic mass is 10.1. The Morgan fingerprint density at radius 3 is 2.44 bits per heavy atom. The summed E-state index contributed by atoms with van der Waals surface area (Å²) in [5.41, 5.74) is 8.65. The number of aromatic nitrogens is 7. The number of nitrogens with two attached hydrogens (primary N) is 1. The molecular weight excluding hydrogens is 500 g/mol. The lowest BCUT2D eigenvalue weighted by Gasteiger charge is -2.19. The first-order valence-electron chi connectivity index (χ1n) is 13.0. The van der Waals surface area contributed by atoms with E-state index in [0.717, 1.165) is 24.2 Å². The molecule has 0 amide bonds. The summed E-state index contributed by atoms with van der Waals surface area (Å²) >= 11 is 0. The Bertz CT molecular complexity index is 1490. The van der Waals surface area contributed by atoms with E-state index < -0.39 is 11.6 Å². The van der Waals surface area contributed by atoms with E-state index >= 15 is 0 Å². The van der Waals surface area contributed by atoms with E-state index in [9.17, 15) is 4.79 Å². The van der Waals surface area contributed by atoms with Gasteiger partial charge >= 0.3 is 5.97 Å². The van der Waals surface area contributed by atoms with E-state index in [-0.39, 0.29) is 18.1 Å². The fraction of sp³-hybridized carbons (Fsp3) is 0.519. The monoisotopic (exact) mass is 534 g/mol. The first kappa shape index (κ1) is 26.7. The molecule has 1 aliphatic rings. The van der Waals surface area contributed by atoms with Gasteiger partial charge in [0.25, 0.3) is 0 Å². The van der Waals surface area contributed by atoms with Gasteiger partial charge in [-0.2, -0.15) is 5.10 Å². The van der Waals surface area contributed by atoms with Crippen LogP contribution in [0.5, 0.6) is 0 Å². The second kappa shape index (κ2) is 9.99. The Hall–Kier alpha value is -3.93. The largest absolute Gasteiger partial charge is 0.458 e. The van der Waals surface area contributed by atoms with Crippen LogP contribution < -0.4 is 5.73 Å². The SMILES string of the molecule is CC(C)(C)OC(=O)COCCc1cnc(-c2c(-c3nn(C(C)(C)C)c4ncnc(N)c34)noc2C2CC2)nc1. The van der Waals surface area contributed by atoms with Crippen molar-refractivity contribution < 1.29 is 18.8 Å². The van der Waals surface area contributed by atoms with Gasteiger partial charge in [-0.05, 0) is 66.4 Å². The predicted molar refractivity (Wildman–Crippen MR) is 144 cm³/mol. The fourth-order valence-corrected chi connectivity index (χ4v) is 4.24. The lowest BCUT2D eigenvalue weighted by molar-refractivity contribution is -0.160. The zero-order chi connectivity index (χ0) is 27.9. The minimum absolute atomic E-state index is 0.104. The molecule has 39 heavy (non-hydrogen) atoms. The number of hydrogen-bond acceptors (Lipinski definition) is 11. The molecular formula is C27H34N8O4. The van der Waals surface area contributed by atoms with E-state index in [1.165, 1.54) is 6.33 Å². The Morgan fingerprint density at radius 1 is 1.08 bits per heavy atom. The summed E-state index contributed by atoms with van der Waals surface area (Å²) in [6.45, 7) is 11.8. The van der Waals surface area contributed by atoms with Crippen LogP contribution >= 0.6 is 0 Å². The molecule has 1 fully saturated rings. The highest BCUT2D eigenvalue weighted by Gasteiger charge is 2.36. The molecule has 0 unspecified atom stereocenters. The van der Waals surface area contributed by atoms with E-state index in [1.54, 1.807) is 12.4 Å². The summed E-state index contributed by atoms with van der Waals surface area (Å²) in [7, 11) is 0. The molecule has 5 rings (SSSR count). The predicted octanol–water partition coefficient (Wildman–Crippen LogP) is 4.05. The average molecular weight is 535 g/mol. The third-order valence-corrected chi connectivity index (χ3v) is 6.12. The van der Waals surface area contributed by atoms with Crippen molar-refractivity contribution in [2.24, 2.45) is 0 Å². The normalized spacial score (nSPS) is 14.2. The molecule has 0 bridgehead atoms. The smallest absolute Gasteiger partial charge is 0.332 e. The highest BCUT2D eigenvalue weighted by molar-refractivity contribution is 6.00. The first-order valence-corrected chi connectivity index (χ1v) is 13.0. The molecule has 206 valence electrons. The van der Waals surface area contributed by atoms with Crippen LogP contribution in [0.2, 0.25) is 0 Å². The van der Waals surface area contributed by atoms with Crippen molar-refractivity contribution in [3.05, 3.63) is 30.0 Å². The number of ether oxygens (including phenoxy) is 2. The van der Waals surface area contributed by atoms with Crippen LogP contribution in [-0.2, 0) is 26.2 Å². The van der Waals surface area contributed by atoms with Crippen LogP contribution in [-0.4, -0.2) is 59.7 Å². The second-order valence-corrected chi connectivity index (χ2v) is 11.7. The van der Waals surface area contributed by atoms with Gasteiger partial charge in [0.1, 0.15) is 35.7 Å². The van der Waals surface area contributed by atoms with Gasteiger partial charge in [-0.15, -0.1) is 0 Å². The van der Waals surface area contributed by atoms with Gasteiger partial charge in [-0.3, -0.25) is 0 Å². The third kappa shape index (κ3) is 5.75. The fourth-order valence-electron chi connectivity index (χ4n) is 4.24. The minimum atomic E-state index is -0.542. The van der Waals surface area contributed by atoms with Crippen LogP contribution in [0.25, 0.3) is 33.8 Å². The molecule has 0 aliphatic heterocycles. The van der Waals surface area contributed by atoms with Crippen molar-refractivity contribution in [1.82, 2.24) is 34.9 Å². The van der Waals surface area contributed by atoms with Gasteiger partial charge in [0.2, 0.25) is 0 Å². The van der Waals surface area contributed by atoms with Crippen LogP contribution in [0.4, 0.5) is 5.82 Å². The summed E-state index contributed by atoms with van der Waals surface area (Å²) in [4.78, 5) is 29.8. The summed E-state index contributed by atoms with van der Waals surface area (Å²) in [6.07, 6.45) is 7.49. The van der Waals surface area contributed by atoms with E-state index in [4.69, 9.17) is 24.8 Å². The molecule has 1 saturated carbocycles. The molecule has 0 spiro atoms. The van der Waals surface area contributed by atoms with Crippen molar-refractivity contribution >= 4 is 22.8 Å². The number of nitrogens with zero attached hydrogens (tertiary/aromatic N) is 7. The Balaban J connectivity index is 1.42. The molecule has 2 N–H and O–H groups in total. The molecule has 4 heterocycles. The molecule has 0 saturated heterocycles. The highest BCUT2D eigenvalue weighted by atomic mass is 16.6. The van der Waals surface area contributed by atoms with Crippen LogP contribution in [0.15, 0.2) is 23.2 Å². The molecule has 4 aromatic heterocycles. The van der Waals surface area contributed by atoms with Crippen molar-refractivity contribution in [3.8, 4) is 22.8 Å². The third-order valence-electron chi connectivity index (χ3n) is 6.12. The topological polar surface area (TPSA) is 157 Å². The summed E-state index contributed by atoms with van der Waals surface area (Å²) in [5, 5.41) is 9.92. The molecule has 12 heteroatoms. The maximum Gasteiger partial charge on any atom is 0.332 e. The first-order chi connectivity index (χ1) is 18.4. The van der Waals surface area contributed by atoms with Crippen LogP contribution in [0.1, 0.15) is 71.6 Å². The standard InChI is InChI=1S/C27H34N8O4/c1-26(2,3)35-25-19(23(28)31-14-32-25)20(33-35)21-18(22(39-34-21)16-7-8-16)24-29-11-15(12-30-24)9-10-37-13-17(36)38-27(4,5)6/h11-12,14,16H,7-10,13H2,1-6H3,(H2,28,31,32). The number of carbonyl (C=O) groups excluding carboxylic acids is 1. The highest BCUT2D eigenvalue weighted by Crippen LogP contribution is 2.47. The number of nitrogen functional groups attached to an aromatic ring is 1. The van der Waals surface area contributed by atoms with Gasteiger partial charge < -0.3 is 19.7 Å². The van der Waals surface area contributed by atoms with Crippen LogP contribution in [0, 0.1) is 0 Å². The Kier molecular flexibility index (Phi) is 6.83. The number of anilines is 1. The van der Waals surface area contributed by atoms with Gasteiger partial charge in [0, 0.05) is 18.3 Å². The quantitative estimate of drug-likeness (QED) is 0.257. The molecule has 0 radical (unpaired) electrons.